The average Bonchev–Trinajstić information content (AvgIpc) is 3.37. The van der Waals surface area contributed by atoms with Crippen LogP contribution in [0.4, 0.5) is 0 Å². The van der Waals surface area contributed by atoms with E-state index in [1.54, 1.807) is 6.07 Å². The fourth-order valence-electron chi connectivity index (χ4n) is 4.46. The first-order valence-electron chi connectivity index (χ1n) is 12.1. The Bertz CT molecular complexity index is 1440. The molecule has 1 aromatic heterocycles. The molecular weight excluding hydrogens is 558 g/mol. The maximum absolute atomic E-state index is 6.61. The van der Waals surface area contributed by atoms with Gasteiger partial charge in [0.15, 0.2) is 6.04 Å². The van der Waals surface area contributed by atoms with Crippen molar-refractivity contribution in [3.05, 3.63) is 158 Å². The number of imidazole rings is 1. The highest BCUT2D eigenvalue weighted by Gasteiger charge is 2.24. The SMILES string of the molecule is Clc1ccc(C(c2ccc(Cl)cc2)n2cc[n+](CC(OCc3ccccc3)c3ccc(Cl)cc3Cl)c2)cc1. The van der Waals surface area contributed by atoms with Crippen LogP contribution >= 0.6 is 46.4 Å². The molecule has 192 valence electrons. The van der Waals surface area contributed by atoms with Gasteiger partial charge in [-0.1, -0.05) is 107 Å². The number of hydrogen-bond donors (Lipinski definition) is 0. The summed E-state index contributed by atoms with van der Waals surface area (Å²) in [6.45, 7) is 1.03. The van der Waals surface area contributed by atoms with Crippen LogP contribution in [0.5, 0.6) is 0 Å². The molecule has 3 nitrogen and oxygen atoms in total. The Hall–Kier alpha value is -2.79. The molecule has 38 heavy (non-hydrogen) atoms. The van der Waals surface area contributed by atoms with Gasteiger partial charge in [0, 0.05) is 36.8 Å². The summed E-state index contributed by atoms with van der Waals surface area (Å²) in [5, 5.41) is 2.57. The van der Waals surface area contributed by atoms with Crippen molar-refractivity contribution in [1.29, 1.82) is 0 Å². The highest BCUT2D eigenvalue weighted by molar-refractivity contribution is 6.35. The minimum Gasteiger partial charge on any atom is -0.365 e. The molecule has 0 aliphatic carbocycles. The van der Waals surface area contributed by atoms with Gasteiger partial charge in [0.25, 0.3) is 0 Å². The van der Waals surface area contributed by atoms with Crippen LogP contribution in [0.25, 0.3) is 0 Å². The molecule has 0 saturated carbocycles. The van der Waals surface area contributed by atoms with E-state index in [9.17, 15) is 0 Å². The van der Waals surface area contributed by atoms with Crippen molar-refractivity contribution >= 4 is 46.4 Å². The molecule has 0 N–H and O–H groups in total. The molecule has 0 radical (unpaired) electrons. The van der Waals surface area contributed by atoms with Crippen molar-refractivity contribution in [3.8, 4) is 0 Å². The van der Waals surface area contributed by atoms with Gasteiger partial charge < -0.3 is 4.74 Å². The van der Waals surface area contributed by atoms with Gasteiger partial charge in [-0.25, -0.2) is 9.13 Å². The molecule has 0 aliphatic rings. The van der Waals surface area contributed by atoms with Gasteiger partial charge >= 0.3 is 0 Å². The number of aromatic nitrogens is 2. The third-order valence-corrected chi connectivity index (χ3v) is 7.43. The van der Waals surface area contributed by atoms with Crippen LogP contribution in [0, 0.1) is 0 Å². The predicted molar refractivity (Wildman–Crippen MR) is 155 cm³/mol. The summed E-state index contributed by atoms with van der Waals surface area (Å²) in [5.41, 5.74) is 4.20. The van der Waals surface area contributed by atoms with Gasteiger partial charge in [-0.15, -0.1) is 0 Å². The van der Waals surface area contributed by atoms with E-state index in [-0.39, 0.29) is 12.1 Å². The molecule has 0 amide bonds. The fraction of sp³-hybridized carbons (Fsp3) is 0.129. The molecule has 1 heterocycles. The first-order chi connectivity index (χ1) is 18.5. The van der Waals surface area contributed by atoms with Crippen molar-refractivity contribution in [3.63, 3.8) is 0 Å². The lowest BCUT2D eigenvalue weighted by Crippen LogP contribution is -2.36. The summed E-state index contributed by atoms with van der Waals surface area (Å²) >= 11 is 25.2. The van der Waals surface area contributed by atoms with E-state index in [1.807, 2.05) is 97.2 Å². The standard InChI is InChI=1S/C31H25Cl4N2O/c32-25-10-6-23(7-11-25)31(24-8-12-26(33)13-9-24)37-17-16-36(21-37)19-30(28-15-14-27(34)18-29(28)35)38-20-22-4-2-1-3-5-22/h1-18,21,30-31H,19-20H2/q+1. The van der Waals surface area contributed by atoms with Gasteiger partial charge in [0.05, 0.1) is 6.61 Å². The number of rotatable bonds is 9. The number of halogens is 4. The minimum absolute atomic E-state index is 0.0615. The monoisotopic (exact) mass is 581 g/mol. The first-order valence-corrected chi connectivity index (χ1v) is 13.7. The zero-order valence-electron chi connectivity index (χ0n) is 20.4. The molecule has 1 atom stereocenters. The molecule has 4 aromatic carbocycles. The Morgan fingerprint density at radius 3 is 1.92 bits per heavy atom. The van der Waals surface area contributed by atoms with E-state index in [0.29, 0.717) is 33.2 Å². The third-order valence-electron chi connectivity index (χ3n) is 6.36. The van der Waals surface area contributed by atoms with Crippen molar-refractivity contribution in [2.24, 2.45) is 0 Å². The van der Waals surface area contributed by atoms with E-state index in [2.05, 4.69) is 21.7 Å². The number of benzene rings is 4. The Kier molecular flexibility index (Phi) is 8.73. The Morgan fingerprint density at radius 2 is 1.32 bits per heavy atom. The Morgan fingerprint density at radius 1 is 0.711 bits per heavy atom. The smallest absolute Gasteiger partial charge is 0.244 e. The Balaban J connectivity index is 1.45. The van der Waals surface area contributed by atoms with Crippen LogP contribution in [0.1, 0.15) is 34.4 Å². The van der Waals surface area contributed by atoms with E-state index >= 15 is 0 Å². The van der Waals surface area contributed by atoms with Crippen molar-refractivity contribution < 1.29 is 9.30 Å². The van der Waals surface area contributed by atoms with Crippen LogP contribution in [0.3, 0.4) is 0 Å². The summed E-state index contributed by atoms with van der Waals surface area (Å²) in [6, 6.07) is 31.4. The van der Waals surface area contributed by atoms with Crippen LogP contribution in [0.15, 0.2) is 116 Å². The van der Waals surface area contributed by atoms with Gasteiger partial charge in [-0.05, 0) is 42.0 Å². The van der Waals surface area contributed by atoms with Crippen molar-refractivity contribution in [1.82, 2.24) is 4.57 Å². The summed E-state index contributed by atoms with van der Waals surface area (Å²) in [6.07, 6.45) is 5.90. The second-order valence-electron chi connectivity index (χ2n) is 9.01. The molecule has 1 unspecified atom stereocenters. The van der Waals surface area contributed by atoms with Crippen LogP contribution < -0.4 is 4.57 Å². The number of nitrogens with zero attached hydrogens (tertiary/aromatic N) is 2. The number of ether oxygens (including phenoxy) is 1. The first kappa shape index (κ1) is 26.8. The lowest BCUT2D eigenvalue weighted by Gasteiger charge is -2.19. The zero-order valence-corrected chi connectivity index (χ0v) is 23.4. The lowest BCUT2D eigenvalue weighted by molar-refractivity contribution is -0.705. The highest BCUT2D eigenvalue weighted by atomic mass is 35.5. The lowest BCUT2D eigenvalue weighted by atomic mass is 9.98. The van der Waals surface area contributed by atoms with Crippen molar-refractivity contribution in [2.75, 3.05) is 0 Å². The van der Waals surface area contributed by atoms with E-state index in [1.165, 1.54) is 0 Å². The molecule has 0 saturated heterocycles. The molecule has 0 spiro atoms. The van der Waals surface area contributed by atoms with E-state index < -0.39 is 0 Å². The van der Waals surface area contributed by atoms with Crippen molar-refractivity contribution in [2.45, 2.75) is 25.3 Å². The van der Waals surface area contributed by atoms with Crippen LogP contribution in [-0.4, -0.2) is 4.57 Å². The molecular formula is C31H25Cl4N2O+. The summed E-state index contributed by atoms with van der Waals surface area (Å²) in [5.74, 6) is 0. The molecule has 0 fully saturated rings. The minimum atomic E-state index is -0.287. The van der Waals surface area contributed by atoms with E-state index in [0.717, 1.165) is 22.3 Å². The second kappa shape index (κ2) is 12.4. The zero-order chi connectivity index (χ0) is 26.5. The van der Waals surface area contributed by atoms with Gasteiger partial charge in [0.1, 0.15) is 25.0 Å². The fourth-order valence-corrected chi connectivity index (χ4v) is 5.25. The summed E-state index contributed by atoms with van der Waals surface area (Å²) in [4.78, 5) is 0. The molecule has 0 aliphatic heterocycles. The predicted octanol–water partition coefficient (Wildman–Crippen LogP) is 8.98. The van der Waals surface area contributed by atoms with Gasteiger partial charge in [-0.2, -0.15) is 0 Å². The number of hydrogen-bond acceptors (Lipinski definition) is 1. The highest BCUT2D eigenvalue weighted by Crippen LogP contribution is 2.31. The normalized spacial score (nSPS) is 12.1. The quantitative estimate of drug-likeness (QED) is 0.159. The summed E-state index contributed by atoms with van der Waals surface area (Å²) in [7, 11) is 0. The largest absolute Gasteiger partial charge is 0.365 e. The summed E-state index contributed by atoms with van der Waals surface area (Å²) < 4.78 is 10.7. The second-order valence-corrected chi connectivity index (χ2v) is 10.7. The van der Waals surface area contributed by atoms with Gasteiger partial charge in [0.2, 0.25) is 6.33 Å². The Labute approximate surface area is 242 Å². The third kappa shape index (κ3) is 6.61. The maximum Gasteiger partial charge on any atom is 0.244 e. The topological polar surface area (TPSA) is 18.0 Å². The van der Waals surface area contributed by atoms with Gasteiger partial charge in [-0.3, -0.25) is 0 Å². The van der Waals surface area contributed by atoms with Crippen LogP contribution in [0.2, 0.25) is 20.1 Å². The van der Waals surface area contributed by atoms with E-state index in [4.69, 9.17) is 51.1 Å². The molecule has 5 rings (SSSR count). The average molecular weight is 583 g/mol. The molecule has 0 bridgehead atoms. The molecule has 5 aromatic rings. The maximum atomic E-state index is 6.61. The van der Waals surface area contributed by atoms with Crippen LogP contribution in [-0.2, 0) is 17.9 Å². The molecule has 7 heteroatoms.